The molecule has 0 aliphatic heterocycles. The van der Waals surface area contributed by atoms with Crippen molar-refractivity contribution in [2.45, 2.75) is 19.9 Å². The first-order valence-corrected chi connectivity index (χ1v) is 10.7. The molecule has 0 atom stereocenters. The molecule has 0 radical (unpaired) electrons. The SMILES string of the molecule is Cc1nn(CC(=O)Nc2ccccc2C(=O)NCCc2ccccc2)c(=O)c2ccccc12. The molecule has 4 aromatic rings. The standard InChI is InChI=1S/C26H24N4O3/c1-18-20-11-5-6-12-21(20)26(33)30(29-18)17-24(31)28-23-14-8-7-13-22(23)25(32)27-16-15-19-9-3-2-4-10-19/h2-14H,15-17H2,1H3,(H,27,32)(H,28,31). The van der Waals surface area contributed by atoms with E-state index in [9.17, 15) is 14.4 Å². The highest BCUT2D eigenvalue weighted by molar-refractivity contribution is 6.03. The van der Waals surface area contributed by atoms with E-state index in [1.165, 1.54) is 0 Å². The fraction of sp³-hybridized carbons (Fsp3) is 0.154. The van der Waals surface area contributed by atoms with Gasteiger partial charge < -0.3 is 10.6 Å². The smallest absolute Gasteiger partial charge is 0.275 e. The summed E-state index contributed by atoms with van der Waals surface area (Å²) in [6.07, 6.45) is 0.705. The Labute approximate surface area is 191 Å². The average Bonchev–Trinajstić information content (AvgIpc) is 2.83. The van der Waals surface area contributed by atoms with Gasteiger partial charge in [0.05, 0.1) is 22.3 Å². The van der Waals surface area contributed by atoms with Crippen molar-refractivity contribution < 1.29 is 9.59 Å². The zero-order valence-electron chi connectivity index (χ0n) is 18.2. The van der Waals surface area contributed by atoms with Crippen LogP contribution in [0, 0.1) is 6.92 Å². The molecule has 33 heavy (non-hydrogen) atoms. The summed E-state index contributed by atoms with van der Waals surface area (Å²) in [5.74, 6) is -0.720. The topological polar surface area (TPSA) is 93.1 Å². The van der Waals surface area contributed by atoms with Crippen molar-refractivity contribution in [3.05, 3.63) is 106 Å². The Balaban J connectivity index is 1.45. The summed E-state index contributed by atoms with van der Waals surface area (Å²) in [7, 11) is 0. The van der Waals surface area contributed by atoms with Crippen molar-refractivity contribution >= 4 is 28.3 Å². The van der Waals surface area contributed by atoms with Gasteiger partial charge in [0.15, 0.2) is 0 Å². The number of hydrogen-bond donors (Lipinski definition) is 2. The summed E-state index contributed by atoms with van der Waals surface area (Å²) < 4.78 is 1.15. The van der Waals surface area contributed by atoms with Crippen LogP contribution in [-0.2, 0) is 17.8 Å². The maximum Gasteiger partial charge on any atom is 0.275 e. The van der Waals surface area contributed by atoms with E-state index < -0.39 is 5.91 Å². The third-order valence-corrected chi connectivity index (χ3v) is 5.33. The number of anilines is 1. The maximum atomic E-state index is 12.7. The first-order valence-electron chi connectivity index (χ1n) is 10.7. The molecule has 0 spiro atoms. The molecule has 0 unspecified atom stereocenters. The first-order chi connectivity index (χ1) is 16.0. The van der Waals surface area contributed by atoms with E-state index in [-0.39, 0.29) is 18.0 Å². The van der Waals surface area contributed by atoms with E-state index in [1.54, 1.807) is 43.3 Å². The number of hydrogen-bond acceptors (Lipinski definition) is 4. The second-order valence-corrected chi connectivity index (χ2v) is 7.68. The fourth-order valence-corrected chi connectivity index (χ4v) is 3.69. The zero-order chi connectivity index (χ0) is 23.2. The highest BCUT2D eigenvalue weighted by atomic mass is 16.2. The maximum absolute atomic E-state index is 12.7. The molecular formula is C26H24N4O3. The molecule has 7 nitrogen and oxygen atoms in total. The van der Waals surface area contributed by atoms with Crippen LogP contribution in [0.15, 0.2) is 83.7 Å². The second-order valence-electron chi connectivity index (χ2n) is 7.68. The number of aryl methyl sites for hydroxylation is 1. The minimum atomic E-state index is -0.441. The summed E-state index contributed by atoms with van der Waals surface area (Å²) in [6.45, 7) is 2.01. The molecule has 1 aromatic heterocycles. The molecule has 0 aliphatic carbocycles. The van der Waals surface area contributed by atoms with Gasteiger partial charge in [-0.3, -0.25) is 14.4 Å². The lowest BCUT2D eigenvalue weighted by Gasteiger charge is -2.13. The summed E-state index contributed by atoms with van der Waals surface area (Å²) in [5.41, 5.74) is 2.19. The van der Waals surface area contributed by atoms with E-state index in [0.717, 1.165) is 15.6 Å². The molecule has 0 saturated heterocycles. The van der Waals surface area contributed by atoms with Gasteiger partial charge in [-0.05, 0) is 37.1 Å². The number of fused-ring (bicyclic) bond motifs is 1. The molecule has 0 aliphatic rings. The summed E-state index contributed by atoms with van der Waals surface area (Å²) in [6, 6.07) is 23.8. The van der Waals surface area contributed by atoms with E-state index >= 15 is 0 Å². The molecule has 0 fully saturated rings. The molecule has 1 heterocycles. The van der Waals surface area contributed by atoms with Crippen molar-refractivity contribution in [1.29, 1.82) is 0 Å². The molecule has 2 N–H and O–H groups in total. The molecular weight excluding hydrogens is 416 g/mol. The van der Waals surface area contributed by atoms with Gasteiger partial charge in [-0.25, -0.2) is 4.68 Å². The van der Waals surface area contributed by atoms with Gasteiger partial charge in [0.25, 0.3) is 11.5 Å². The second kappa shape index (κ2) is 9.91. The predicted molar refractivity (Wildman–Crippen MR) is 128 cm³/mol. The summed E-state index contributed by atoms with van der Waals surface area (Å²) >= 11 is 0. The zero-order valence-corrected chi connectivity index (χ0v) is 18.2. The Hall–Kier alpha value is -4.26. The minimum absolute atomic E-state index is 0.255. The summed E-state index contributed by atoms with van der Waals surface area (Å²) in [5, 5.41) is 11.2. The first kappa shape index (κ1) is 22.0. The Morgan fingerprint density at radius 3 is 2.33 bits per heavy atom. The van der Waals surface area contributed by atoms with Crippen LogP contribution in [0.4, 0.5) is 5.69 Å². The van der Waals surface area contributed by atoms with Gasteiger partial charge in [0.1, 0.15) is 6.54 Å². The molecule has 3 aromatic carbocycles. The van der Waals surface area contributed by atoms with Gasteiger partial charge in [-0.1, -0.05) is 60.7 Å². The lowest BCUT2D eigenvalue weighted by atomic mass is 10.1. The van der Waals surface area contributed by atoms with Crippen LogP contribution < -0.4 is 16.2 Å². The number of rotatable bonds is 7. The number of aromatic nitrogens is 2. The fourth-order valence-electron chi connectivity index (χ4n) is 3.69. The minimum Gasteiger partial charge on any atom is -0.352 e. The summed E-state index contributed by atoms with van der Waals surface area (Å²) in [4.78, 5) is 38.2. The number of nitrogens with zero attached hydrogens (tertiary/aromatic N) is 2. The Morgan fingerprint density at radius 2 is 1.55 bits per heavy atom. The van der Waals surface area contributed by atoms with E-state index in [1.807, 2.05) is 42.5 Å². The monoisotopic (exact) mass is 440 g/mol. The van der Waals surface area contributed by atoms with E-state index in [2.05, 4.69) is 15.7 Å². The van der Waals surface area contributed by atoms with Crippen molar-refractivity contribution in [1.82, 2.24) is 15.1 Å². The van der Waals surface area contributed by atoms with Crippen LogP contribution >= 0.6 is 0 Å². The molecule has 0 bridgehead atoms. The lowest BCUT2D eigenvalue weighted by molar-refractivity contribution is -0.117. The molecule has 0 saturated carbocycles. The van der Waals surface area contributed by atoms with Gasteiger partial charge >= 0.3 is 0 Å². The molecule has 7 heteroatoms. The third kappa shape index (κ3) is 5.15. The largest absolute Gasteiger partial charge is 0.352 e. The predicted octanol–water partition coefficient (Wildman–Crippen LogP) is 3.32. The normalized spacial score (nSPS) is 10.7. The van der Waals surface area contributed by atoms with Gasteiger partial charge in [-0.15, -0.1) is 0 Å². The van der Waals surface area contributed by atoms with Crippen LogP contribution in [0.25, 0.3) is 10.8 Å². The van der Waals surface area contributed by atoms with Crippen LogP contribution in [0.3, 0.4) is 0 Å². The lowest BCUT2D eigenvalue weighted by Crippen LogP contribution is -2.31. The number of amides is 2. The van der Waals surface area contributed by atoms with Crippen molar-refractivity contribution in [2.75, 3.05) is 11.9 Å². The van der Waals surface area contributed by atoms with Crippen molar-refractivity contribution in [3.8, 4) is 0 Å². The quantitative estimate of drug-likeness (QED) is 0.461. The number of carbonyl (C=O) groups excluding carboxylic acids is 2. The van der Waals surface area contributed by atoms with Gasteiger partial charge in [0, 0.05) is 11.9 Å². The van der Waals surface area contributed by atoms with E-state index in [0.29, 0.717) is 35.3 Å². The van der Waals surface area contributed by atoms with Crippen LogP contribution in [0.5, 0.6) is 0 Å². The number of benzene rings is 3. The number of para-hydroxylation sites is 1. The van der Waals surface area contributed by atoms with Crippen molar-refractivity contribution in [3.63, 3.8) is 0 Å². The Morgan fingerprint density at radius 1 is 0.879 bits per heavy atom. The van der Waals surface area contributed by atoms with E-state index in [4.69, 9.17) is 0 Å². The molecule has 4 rings (SSSR count). The molecule has 166 valence electrons. The Bertz CT molecular complexity index is 1360. The highest BCUT2D eigenvalue weighted by Crippen LogP contribution is 2.16. The highest BCUT2D eigenvalue weighted by Gasteiger charge is 2.15. The van der Waals surface area contributed by atoms with Crippen LogP contribution in [0.1, 0.15) is 21.6 Å². The Kier molecular flexibility index (Phi) is 6.59. The van der Waals surface area contributed by atoms with Crippen LogP contribution in [0.2, 0.25) is 0 Å². The van der Waals surface area contributed by atoms with Gasteiger partial charge in [0.2, 0.25) is 5.91 Å². The van der Waals surface area contributed by atoms with Crippen LogP contribution in [-0.4, -0.2) is 28.1 Å². The third-order valence-electron chi connectivity index (χ3n) is 5.33. The number of carbonyl (C=O) groups is 2. The number of nitrogens with one attached hydrogen (secondary N) is 2. The average molecular weight is 441 g/mol. The van der Waals surface area contributed by atoms with Crippen molar-refractivity contribution in [2.24, 2.45) is 0 Å². The molecule has 2 amide bonds. The van der Waals surface area contributed by atoms with Gasteiger partial charge in [-0.2, -0.15) is 5.10 Å².